The van der Waals surface area contributed by atoms with Crippen LogP contribution in [-0.4, -0.2) is 33.8 Å². The lowest BCUT2D eigenvalue weighted by Gasteiger charge is -2.44. The Kier molecular flexibility index (Phi) is 2.54. The zero-order valence-electron chi connectivity index (χ0n) is 10.4. The fourth-order valence-corrected chi connectivity index (χ4v) is 2.67. The normalized spacial score (nSPS) is 18.8. The molecule has 3 heteroatoms. The van der Waals surface area contributed by atoms with E-state index < -0.39 is 5.60 Å². The maximum Gasteiger partial charge on any atom is 0.116 e. The van der Waals surface area contributed by atoms with E-state index in [9.17, 15) is 10.2 Å². The van der Waals surface area contributed by atoms with Gasteiger partial charge in [-0.1, -0.05) is 18.2 Å². The molecule has 2 N–H and O–H groups in total. The predicted octanol–water partition coefficient (Wildman–Crippen LogP) is 2.11. The van der Waals surface area contributed by atoms with Gasteiger partial charge in [0.2, 0.25) is 0 Å². The van der Waals surface area contributed by atoms with Crippen LogP contribution in [0.3, 0.4) is 0 Å². The van der Waals surface area contributed by atoms with E-state index in [2.05, 4.69) is 17.0 Å². The average Bonchev–Trinajstić information content (AvgIpc) is 2.27. The van der Waals surface area contributed by atoms with Crippen LogP contribution in [-0.2, 0) is 6.54 Å². The SMILES string of the molecule is CC1(O)CN(Cc2ccc3cc(O)ccc3c2)C1. The lowest BCUT2D eigenvalue weighted by Crippen LogP contribution is -2.59. The molecule has 0 bridgehead atoms. The molecule has 0 amide bonds. The summed E-state index contributed by atoms with van der Waals surface area (Å²) in [6.07, 6.45) is 0. The van der Waals surface area contributed by atoms with Gasteiger partial charge in [-0.3, -0.25) is 4.90 Å². The molecule has 0 aromatic heterocycles. The standard InChI is InChI=1S/C15H17NO2/c1-15(18)9-16(10-15)8-11-2-3-13-7-14(17)5-4-12(13)6-11/h2-7,17-18H,8-10H2,1H3. The van der Waals surface area contributed by atoms with Crippen molar-refractivity contribution in [1.29, 1.82) is 0 Å². The molecule has 1 aliphatic heterocycles. The summed E-state index contributed by atoms with van der Waals surface area (Å²) in [5.41, 5.74) is 0.728. The number of fused-ring (bicyclic) bond motifs is 1. The largest absolute Gasteiger partial charge is 0.508 e. The Morgan fingerprint density at radius 2 is 1.78 bits per heavy atom. The Labute approximate surface area is 106 Å². The molecule has 2 aromatic carbocycles. The maximum atomic E-state index is 9.69. The second-order valence-electron chi connectivity index (χ2n) is 5.51. The highest BCUT2D eigenvalue weighted by Gasteiger charge is 2.35. The van der Waals surface area contributed by atoms with Crippen LogP contribution in [0.15, 0.2) is 36.4 Å². The van der Waals surface area contributed by atoms with Gasteiger partial charge in [-0.05, 0) is 41.5 Å². The summed E-state index contributed by atoms with van der Waals surface area (Å²) in [7, 11) is 0. The first-order chi connectivity index (χ1) is 8.52. The van der Waals surface area contributed by atoms with Crippen molar-refractivity contribution in [2.24, 2.45) is 0 Å². The average molecular weight is 243 g/mol. The predicted molar refractivity (Wildman–Crippen MR) is 71.5 cm³/mol. The molecule has 0 atom stereocenters. The van der Waals surface area contributed by atoms with Crippen molar-refractivity contribution >= 4 is 10.8 Å². The molecule has 2 aromatic rings. The zero-order valence-corrected chi connectivity index (χ0v) is 10.4. The van der Waals surface area contributed by atoms with Crippen LogP contribution >= 0.6 is 0 Å². The van der Waals surface area contributed by atoms with Gasteiger partial charge < -0.3 is 10.2 Å². The Bertz CT molecular complexity index is 584. The lowest BCUT2D eigenvalue weighted by molar-refractivity contribution is -0.0871. The van der Waals surface area contributed by atoms with E-state index in [0.717, 1.165) is 30.4 Å². The molecular weight excluding hydrogens is 226 g/mol. The Morgan fingerprint density at radius 1 is 1.11 bits per heavy atom. The Hall–Kier alpha value is -1.58. The first kappa shape index (κ1) is 11.5. The van der Waals surface area contributed by atoms with Gasteiger partial charge in [-0.15, -0.1) is 0 Å². The summed E-state index contributed by atoms with van der Waals surface area (Å²) in [4.78, 5) is 2.22. The van der Waals surface area contributed by atoms with Gasteiger partial charge in [0.05, 0.1) is 5.60 Å². The van der Waals surface area contributed by atoms with Gasteiger partial charge in [0.1, 0.15) is 5.75 Å². The highest BCUT2D eigenvalue weighted by atomic mass is 16.3. The topological polar surface area (TPSA) is 43.7 Å². The number of aliphatic hydroxyl groups is 1. The molecule has 3 nitrogen and oxygen atoms in total. The van der Waals surface area contributed by atoms with Gasteiger partial charge in [-0.25, -0.2) is 0 Å². The van der Waals surface area contributed by atoms with Gasteiger partial charge in [0.15, 0.2) is 0 Å². The molecule has 0 aliphatic carbocycles. The lowest BCUT2D eigenvalue weighted by atomic mass is 9.96. The minimum Gasteiger partial charge on any atom is -0.508 e. The number of nitrogens with zero attached hydrogens (tertiary/aromatic N) is 1. The van der Waals surface area contributed by atoms with Crippen molar-refractivity contribution in [2.45, 2.75) is 19.1 Å². The number of benzene rings is 2. The van der Waals surface area contributed by atoms with Gasteiger partial charge >= 0.3 is 0 Å². The van der Waals surface area contributed by atoms with E-state index in [1.54, 1.807) is 12.1 Å². The van der Waals surface area contributed by atoms with Crippen LogP contribution in [0.4, 0.5) is 0 Å². The number of hydrogen-bond acceptors (Lipinski definition) is 3. The highest BCUT2D eigenvalue weighted by molar-refractivity contribution is 5.84. The molecule has 1 saturated heterocycles. The molecule has 94 valence electrons. The van der Waals surface area contributed by atoms with E-state index in [1.807, 2.05) is 19.1 Å². The molecule has 0 spiro atoms. The van der Waals surface area contributed by atoms with Crippen molar-refractivity contribution in [3.63, 3.8) is 0 Å². The number of β-amino-alcohol motifs (C(OH)–C–C–N with tert-alkyl or cyclic N) is 1. The summed E-state index contributed by atoms with van der Waals surface area (Å²) >= 11 is 0. The summed E-state index contributed by atoms with van der Waals surface area (Å²) < 4.78 is 0. The molecule has 0 saturated carbocycles. The van der Waals surface area contributed by atoms with Crippen LogP contribution in [0.1, 0.15) is 12.5 Å². The van der Waals surface area contributed by atoms with Crippen molar-refractivity contribution in [3.8, 4) is 5.75 Å². The number of phenolic OH excluding ortho intramolecular Hbond substituents is 1. The number of phenols is 1. The monoisotopic (exact) mass is 243 g/mol. The van der Waals surface area contributed by atoms with Crippen LogP contribution < -0.4 is 0 Å². The molecule has 1 fully saturated rings. The van der Waals surface area contributed by atoms with Crippen LogP contribution in [0.25, 0.3) is 10.8 Å². The van der Waals surface area contributed by atoms with E-state index in [1.165, 1.54) is 5.56 Å². The molecular formula is C15H17NO2. The zero-order chi connectivity index (χ0) is 12.8. The van der Waals surface area contributed by atoms with E-state index in [-0.39, 0.29) is 0 Å². The summed E-state index contributed by atoms with van der Waals surface area (Å²) in [6.45, 7) is 4.21. The van der Waals surface area contributed by atoms with Crippen LogP contribution in [0.2, 0.25) is 0 Å². The molecule has 1 aliphatic rings. The van der Waals surface area contributed by atoms with Crippen molar-refractivity contribution < 1.29 is 10.2 Å². The summed E-state index contributed by atoms with van der Waals surface area (Å²) in [5.74, 6) is 0.300. The van der Waals surface area contributed by atoms with E-state index >= 15 is 0 Å². The number of hydrogen-bond donors (Lipinski definition) is 2. The van der Waals surface area contributed by atoms with E-state index in [4.69, 9.17) is 0 Å². The third kappa shape index (κ3) is 2.19. The first-order valence-corrected chi connectivity index (χ1v) is 6.18. The second-order valence-corrected chi connectivity index (χ2v) is 5.51. The summed E-state index contributed by atoms with van der Waals surface area (Å²) in [6, 6.07) is 11.7. The fraction of sp³-hybridized carbons (Fsp3) is 0.333. The van der Waals surface area contributed by atoms with Gasteiger partial charge in [0, 0.05) is 19.6 Å². The smallest absolute Gasteiger partial charge is 0.116 e. The Balaban J connectivity index is 1.79. The van der Waals surface area contributed by atoms with Crippen LogP contribution in [0, 0.1) is 0 Å². The fourth-order valence-electron chi connectivity index (χ4n) is 2.67. The minimum absolute atomic E-state index is 0.300. The van der Waals surface area contributed by atoms with Crippen LogP contribution in [0.5, 0.6) is 5.75 Å². The van der Waals surface area contributed by atoms with Crippen molar-refractivity contribution in [2.75, 3.05) is 13.1 Å². The highest BCUT2D eigenvalue weighted by Crippen LogP contribution is 2.25. The van der Waals surface area contributed by atoms with Gasteiger partial charge in [0.25, 0.3) is 0 Å². The quantitative estimate of drug-likeness (QED) is 0.849. The third-order valence-electron chi connectivity index (χ3n) is 3.42. The van der Waals surface area contributed by atoms with Crippen molar-refractivity contribution in [3.05, 3.63) is 42.0 Å². The molecule has 3 rings (SSSR count). The molecule has 0 radical (unpaired) electrons. The number of rotatable bonds is 2. The Morgan fingerprint density at radius 3 is 2.50 bits per heavy atom. The number of aromatic hydroxyl groups is 1. The minimum atomic E-state index is -0.511. The summed E-state index contributed by atoms with van der Waals surface area (Å²) in [5, 5.41) is 21.3. The molecule has 1 heterocycles. The van der Waals surface area contributed by atoms with Crippen molar-refractivity contribution in [1.82, 2.24) is 4.90 Å². The second kappa shape index (κ2) is 3.97. The van der Waals surface area contributed by atoms with Gasteiger partial charge in [-0.2, -0.15) is 0 Å². The number of likely N-dealkylation sites (tertiary alicyclic amines) is 1. The molecule has 18 heavy (non-hydrogen) atoms. The molecule has 0 unspecified atom stereocenters. The third-order valence-corrected chi connectivity index (χ3v) is 3.42. The van der Waals surface area contributed by atoms with E-state index in [0.29, 0.717) is 5.75 Å². The first-order valence-electron chi connectivity index (χ1n) is 6.18. The maximum absolute atomic E-state index is 9.69.